The van der Waals surface area contributed by atoms with Gasteiger partial charge in [-0.1, -0.05) is 30.7 Å². The predicted octanol–water partition coefficient (Wildman–Crippen LogP) is 2.52. The van der Waals surface area contributed by atoms with E-state index in [1.54, 1.807) is 0 Å². The van der Waals surface area contributed by atoms with Crippen LogP contribution < -0.4 is 5.73 Å². The van der Waals surface area contributed by atoms with E-state index in [4.69, 9.17) is 10.5 Å². The molecule has 1 unspecified atom stereocenters. The Balaban J connectivity index is 2.28. The molecular formula is C15H21NO2. The lowest BCUT2D eigenvalue weighted by atomic mass is 9.83. The molecule has 2 rings (SSSR count). The molecule has 0 bridgehead atoms. The average Bonchev–Trinajstić information content (AvgIpc) is 2.50. The second-order valence-corrected chi connectivity index (χ2v) is 5.00. The molecule has 0 aliphatic heterocycles. The third-order valence-electron chi connectivity index (χ3n) is 3.64. The van der Waals surface area contributed by atoms with E-state index in [9.17, 15) is 4.79 Å². The van der Waals surface area contributed by atoms with Gasteiger partial charge in [0.2, 0.25) is 0 Å². The molecule has 0 aromatic heterocycles. The van der Waals surface area contributed by atoms with Crippen molar-refractivity contribution >= 4 is 5.97 Å². The van der Waals surface area contributed by atoms with Crippen LogP contribution in [0.1, 0.15) is 43.7 Å². The monoisotopic (exact) mass is 247 g/mol. The Bertz CT molecular complexity index is 430. The van der Waals surface area contributed by atoms with Gasteiger partial charge >= 0.3 is 5.97 Å². The van der Waals surface area contributed by atoms with Crippen molar-refractivity contribution in [2.45, 2.75) is 44.6 Å². The third kappa shape index (κ3) is 2.72. The minimum Gasteiger partial charge on any atom is -0.466 e. The van der Waals surface area contributed by atoms with Gasteiger partial charge in [0.1, 0.15) is 0 Å². The van der Waals surface area contributed by atoms with Crippen LogP contribution in [0.2, 0.25) is 0 Å². The Hall–Kier alpha value is -1.35. The van der Waals surface area contributed by atoms with Gasteiger partial charge in [-0.05, 0) is 37.3 Å². The molecule has 1 aromatic carbocycles. The van der Waals surface area contributed by atoms with Gasteiger partial charge in [0.25, 0.3) is 0 Å². The van der Waals surface area contributed by atoms with E-state index in [-0.39, 0.29) is 12.4 Å². The van der Waals surface area contributed by atoms with E-state index in [0.717, 1.165) is 31.2 Å². The SMILES string of the molecule is CCOC(=O)CC1(N)CCCCc2ccccc21. The molecule has 1 aliphatic carbocycles. The Kier molecular flexibility index (Phi) is 4.02. The molecule has 0 saturated carbocycles. The Morgan fingerprint density at radius 1 is 1.39 bits per heavy atom. The predicted molar refractivity (Wildman–Crippen MR) is 71.1 cm³/mol. The molecule has 3 nitrogen and oxygen atoms in total. The van der Waals surface area contributed by atoms with E-state index in [1.807, 2.05) is 19.1 Å². The maximum absolute atomic E-state index is 11.7. The highest BCUT2D eigenvalue weighted by Crippen LogP contribution is 2.34. The van der Waals surface area contributed by atoms with Crippen molar-refractivity contribution in [3.8, 4) is 0 Å². The highest BCUT2D eigenvalue weighted by molar-refractivity contribution is 5.71. The summed E-state index contributed by atoms with van der Waals surface area (Å²) in [6.07, 6.45) is 4.38. The Morgan fingerprint density at radius 3 is 2.94 bits per heavy atom. The zero-order valence-electron chi connectivity index (χ0n) is 10.9. The Morgan fingerprint density at radius 2 is 2.17 bits per heavy atom. The van der Waals surface area contributed by atoms with Crippen molar-refractivity contribution in [1.82, 2.24) is 0 Å². The molecule has 2 N–H and O–H groups in total. The molecule has 3 heteroatoms. The van der Waals surface area contributed by atoms with E-state index >= 15 is 0 Å². The number of ether oxygens (including phenoxy) is 1. The van der Waals surface area contributed by atoms with Gasteiger partial charge in [-0.3, -0.25) is 4.79 Å². The minimum atomic E-state index is -0.556. The van der Waals surface area contributed by atoms with Crippen molar-refractivity contribution in [2.75, 3.05) is 6.61 Å². The topological polar surface area (TPSA) is 52.3 Å². The first kappa shape index (κ1) is 13.1. The molecule has 0 heterocycles. The highest BCUT2D eigenvalue weighted by Gasteiger charge is 2.33. The number of nitrogens with two attached hydrogens (primary N) is 1. The van der Waals surface area contributed by atoms with Crippen LogP contribution in [-0.2, 0) is 21.5 Å². The first-order valence-electron chi connectivity index (χ1n) is 6.68. The largest absolute Gasteiger partial charge is 0.466 e. The third-order valence-corrected chi connectivity index (χ3v) is 3.64. The minimum absolute atomic E-state index is 0.197. The molecule has 98 valence electrons. The van der Waals surface area contributed by atoms with Crippen molar-refractivity contribution in [1.29, 1.82) is 0 Å². The second kappa shape index (κ2) is 5.53. The summed E-state index contributed by atoms with van der Waals surface area (Å²) in [5.74, 6) is -0.197. The first-order chi connectivity index (χ1) is 8.65. The molecule has 0 radical (unpaired) electrons. The van der Waals surface area contributed by atoms with Gasteiger partial charge in [-0.2, -0.15) is 0 Å². The highest BCUT2D eigenvalue weighted by atomic mass is 16.5. The second-order valence-electron chi connectivity index (χ2n) is 5.00. The van der Waals surface area contributed by atoms with Gasteiger partial charge in [0.05, 0.1) is 18.6 Å². The number of carbonyl (C=O) groups excluding carboxylic acids is 1. The van der Waals surface area contributed by atoms with Gasteiger partial charge < -0.3 is 10.5 Å². The van der Waals surface area contributed by atoms with E-state index in [1.165, 1.54) is 5.56 Å². The number of esters is 1. The molecule has 18 heavy (non-hydrogen) atoms. The number of fused-ring (bicyclic) bond motifs is 1. The van der Waals surface area contributed by atoms with Crippen LogP contribution in [0.4, 0.5) is 0 Å². The molecule has 0 amide bonds. The lowest BCUT2D eigenvalue weighted by molar-refractivity contribution is -0.144. The molecule has 1 aromatic rings. The maximum Gasteiger partial charge on any atom is 0.307 e. The average molecular weight is 247 g/mol. The first-order valence-corrected chi connectivity index (χ1v) is 6.68. The number of hydrogen-bond acceptors (Lipinski definition) is 3. The number of hydrogen-bond donors (Lipinski definition) is 1. The van der Waals surface area contributed by atoms with Crippen LogP contribution in [0.3, 0.4) is 0 Å². The standard InChI is InChI=1S/C15H21NO2/c1-2-18-14(17)11-15(16)10-6-5-8-12-7-3-4-9-13(12)15/h3-4,7,9H,2,5-6,8,10-11,16H2,1H3. The summed E-state index contributed by atoms with van der Waals surface area (Å²) in [6, 6.07) is 8.21. The summed E-state index contributed by atoms with van der Waals surface area (Å²) in [5, 5.41) is 0. The van der Waals surface area contributed by atoms with Crippen LogP contribution in [-0.4, -0.2) is 12.6 Å². The van der Waals surface area contributed by atoms with Crippen molar-refractivity contribution in [3.05, 3.63) is 35.4 Å². The molecular weight excluding hydrogens is 226 g/mol. The summed E-state index contributed by atoms with van der Waals surface area (Å²) >= 11 is 0. The van der Waals surface area contributed by atoms with Gasteiger partial charge in [-0.15, -0.1) is 0 Å². The Labute approximate surface area is 108 Å². The quantitative estimate of drug-likeness (QED) is 0.659. The zero-order chi connectivity index (χ0) is 13.0. The van der Waals surface area contributed by atoms with Crippen LogP contribution in [0.5, 0.6) is 0 Å². The van der Waals surface area contributed by atoms with E-state index in [2.05, 4.69) is 12.1 Å². The number of aryl methyl sites for hydroxylation is 1. The fraction of sp³-hybridized carbons (Fsp3) is 0.533. The summed E-state index contributed by atoms with van der Waals surface area (Å²) in [7, 11) is 0. The zero-order valence-corrected chi connectivity index (χ0v) is 10.9. The van der Waals surface area contributed by atoms with Crippen LogP contribution in [0, 0.1) is 0 Å². The van der Waals surface area contributed by atoms with Gasteiger partial charge in [0, 0.05) is 0 Å². The normalized spacial score (nSPS) is 23.0. The molecule has 0 fully saturated rings. The van der Waals surface area contributed by atoms with Gasteiger partial charge in [-0.25, -0.2) is 0 Å². The number of carbonyl (C=O) groups is 1. The molecule has 0 saturated heterocycles. The van der Waals surface area contributed by atoms with Gasteiger partial charge in [0.15, 0.2) is 0 Å². The summed E-state index contributed by atoms with van der Waals surface area (Å²) < 4.78 is 5.05. The van der Waals surface area contributed by atoms with E-state index < -0.39 is 5.54 Å². The van der Waals surface area contributed by atoms with Crippen molar-refractivity contribution in [2.24, 2.45) is 5.73 Å². The summed E-state index contributed by atoms with van der Waals surface area (Å²) in [5.41, 5.74) is 8.35. The van der Waals surface area contributed by atoms with Crippen LogP contribution in [0.15, 0.2) is 24.3 Å². The fourth-order valence-electron chi connectivity index (χ4n) is 2.77. The lowest BCUT2D eigenvalue weighted by Crippen LogP contribution is -2.39. The van der Waals surface area contributed by atoms with Crippen molar-refractivity contribution in [3.63, 3.8) is 0 Å². The summed E-state index contributed by atoms with van der Waals surface area (Å²) in [4.78, 5) is 11.7. The smallest absolute Gasteiger partial charge is 0.307 e. The fourth-order valence-corrected chi connectivity index (χ4v) is 2.77. The molecule has 0 spiro atoms. The number of rotatable bonds is 3. The van der Waals surface area contributed by atoms with Crippen LogP contribution >= 0.6 is 0 Å². The maximum atomic E-state index is 11.7. The number of benzene rings is 1. The van der Waals surface area contributed by atoms with E-state index in [0.29, 0.717) is 6.61 Å². The lowest BCUT2D eigenvalue weighted by Gasteiger charge is -2.29. The summed E-state index contributed by atoms with van der Waals surface area (Å²) in [6.45, 7) is 2.23. The van der Waals surface area contributed by atoms with Crippen molar-refractivity contribution < 1.29 is 9.53 Å². The molecule has 1 atom stereocenters. The van der Waals surface area contributed by atoms with Crippen LogP contribution in [0.25, 0.3) is 0 Å². The molecule has 1 aliphatic rings.